The first-order valence-electron chi connectivity index (χ1n) is 10.4. The molecule has 0 saturated heterocycles. The predicted octanol–water partition coefficient (Wildman–Crippen LogP) is 4.68. The summed E-state index contributed by atoms with van der Waals surface area (Å²) in [4.78, 5) is 39.8. The molecule has 0 saturated carbocycles. The maximum Gasteiger partial charge on any atom is 0.341 e. The Morgan fingerprint density at radius 1 is 1.06 bits per heavy atom. The number of esters is 1. The lowest BCUT2D eigenvalue weighted by atomic mass is 10.1. The van der Waals surface area contributed by atoms with Gasteiger partial charge in [0, 0.05) is 19.2 Å². The molecule has 2 amide bonds. The molecule has 7 nitrogen and oxygen atoms in total. The third-order valence-electron chi connectivity index (χ3n) is 4.84. The fourth-order valence-electron chi connectivity index (χ4n) is 3.01. The highest BCUT2D eigenvalue weighted by Gasteiger charge is 2.30. The minimum atomic E-state index is -1.80. The van der Waals surface area contributed by atoms with Crippen molar-refractivity contribution in [3.8, 4) is 5.75 Å². The zero-order valence-corrected chi connectivity index (χ0v) is 20.0. The number of amides is 2. The monoisotopic (exact) mass is 504 g/mol. The fourth-order valence-corrected chi connectivity index (χ4v) is 4.17. The van der Waals surface area contributed by atoms with E-state index in [4.69, 9.17) is 9.47 Å². The number of anilines is 1. The highest BCUT2D eigenvalue weighted by atomic mass is 32.1. The standard InChI is InChI=1S/C22H24F4N2O5S/c1-6-28(7-2)21(30)18-10(4)14(22(31)32-8-3)20(34-18)27-19(29)11(5)33-17-15(25)12(23)9-13(24)16(17)26/h9,11H,6-8H2,1-5H3,(H,27,29)/t11-/m1/s1. The molecule has 0 bridgehead atoms. The molecule has 1 aromatic heterocycles. The normalized spacial score (nSPS) is 11.7. The molecule has 186 valence electrons. The van der Waals surface area contributed by atoms with Crippen molar-refractivity contribution in [1.29, 1.82) is 0 Å². The Hall–Kier alpha value is -3.15. The lowest BCUT2D eigenvalue weighted by Gasteiger charge is -2.18. The second kappa shape index (κ2) is 11.3. The van der Waals surface area contributed by atoms with Gasteiger partial charge >= 0.3 is 5.97 Å². The van der Waals surface area contributed by atoms with Crippen LogP contribution >= 0.6 is 11.3 Å². The van der Waals surface area contributed by atoms with Crippen LogP contribution in [0.25, 0.3) is 0 Å². The summed E-state index contributed by atoms with van der Waals surface area (Å²) in [5, 5.41) is 2.34. The van der Waals surface area contributed by atoms with Crippen LogP contribution in [0.2, 0.25) is 0 Å². The average Bonchev–Trinajstić information content (AvgIpc) is 3.11. The van der Waals surface area contributed by atoms with Gasteiger partial charge in [0.05, 0.1) is 17.0 Å². The summed E-state index contributed by atoms with van der Waals surface area (Å²) in [6, 6.07) is 0.0107. The Labute approximate surface area is 197 Å². The van der Waals surface area contributed by atoms with E-state index in [9.17, 15) is 31.9 Å². The molecular formula is C22H24F4N2O5S. The summed E-state index contributed by atoms with van der Waals surface area (Å²) in [6.07, 6.45) is -1.63. The van der Waals surface area contributed by atoms with Crippen molar-refractivity contribution in [2.45, 2.75) is 40.7 Å². The number of halogens is 4. The zero-order valence-electron chi connectivity index (χ0n) is 19.2. The Bertz CT molecular complexity index is 1080. The maximum absolute atomic E-state index is 13.9. The van der Waals surface area contributed by atoms with Crippen LogP contribution in [0.15, 0.2) is 6.07 Å². The van der Waals surface area contributed by atoms with Crippen molar-refractivity contribution in [3.63, 3.8) is 0 Å². The summed E-state index contributed by atoms with van der Waals surface area (Å²) in [6.45, 7) is 8.61. The number of benzene rings is 1. The first-order chi connectivity index (χ1) is 16.0. The largest absolute Gasteiger partial charge is 0.475 e. The molecule has 0 radical (unpaired) electrons. The van der Waals surface area contributed by atoms with Crippen LogP contribution in [0.3, 0.4) is 0 Å². The van der Waals surface area contributed by atoms with Gasteiger partial charge in [0.1, 0.15) is 5.00 Å². The van der Waals surface area contributed by atoms with E-state index < -0.39 is 47.0 Å². The van der Waals surface area contributed by atoms with E-state index >= 15 is 0 Å². The molecule has 2 aromatic rings. The molecule has 0 aliphatic carbocycles. The van der Waals surface area contributed by atoms with E-state index in [0.717, 1.165) is 18.3 Å². The van der Waals surface area contributed by atoms with E-state index in [1.807, 2.05) is 0 Å². The van der Waals surface area contributed by atoms with Gasteiger partial charge in [0.2, 0.25) is 11.6 Å². The van der Waals surface area contributed by atoms with Crippen molar-refractivity contribution >= 4 is 34.1 Å². The molecule has 12 heteroatoms. The van der Waals surface area contributed by atoms with Crippen LogP contribution in [-0.4, -0.2) is 48.5 Å². The highest BCUT2D eigenvalue weighted by molar-refractivity contribution is 7.18. The van der Waals surface area contributed by atoms with Crippen LogP contribution in [0, 0.1) is 30.2 Å². The zero-order chi connectivity index (χ0) is 25.7. The van der Waals surface area contributed by atoms with Crippen LogP contribution < -0.4 is 10.1 Å². The van der Waals surface area contributed by atoms with Gasteiger partial charge in [-0.05, 0) is 40.2 Å². The minimum Gasteiger partial charge on any atom is -0.475 e. The van der Waals surface area contributed by atoms with Crippen molar-refractivity contribution < 1.29 is 41.4 Å². The lowest BCUT2D eigenvalue weighted by molar-refractivity contribution is -0.122. The number of ether oxygens (including phenoxy) is 2. The smallest absolute Gasteiger partial charge is 0.341 e. The van der Waals surface area contributed by atoms with Gasteiger partial charge in [-0.1, -0.05) is 0 Å². The molecule has 0 unspecified atom stereocenters. The van der Waals surface area contributed by atoms with E-state index in [-0.39, 0.29) is 39.6 Å². The van der Waals surface area contributed by atoms with Crippen molar-refractivity contribution in [2.75, 3.05) is 25.0 Å². The molecule has 0 fully saturated rings. The predicted molar refractivity (Wildman–Crippen MR) is 117 cm³/mol. The van der Waals surface area contributed by atoms with E-state index in [1.54, 1.807) is 20.8 Å². The molecule has 1 aromatic carbocycles. The average molecular weight is 505 g/mol. The topological polar surface area (TPSA) is 84.9 Å². The molecule has 0 spiro atoms. The van der Waals surface area contributed by atoms with Crippen molar-refractivity contribution in [2.24, 2.45) is 0 Å². The highest BCUT2D eigenvalue weighted by Crippen LogP contribution is 2.35. The molecule has 1 atom stereocenters. The van der Waals surface area contributed by atoms with Crippen molar-refractivity contribution in [3.05, 3.63) is 45.3 Å². The Morgan fingerprint density at radius 2 is 1.62 bits per heavy atom. The van der Waals surface area contributed by atoms with Gasteiger partial charge in [-0.2, -0.15) is 8.78 Å². The van der Waals surface area contributed by atoms with E-state index in [0.29, 0.717) is 13.1 Å². The maximum atomic E-state index is 13.9. The molecule has 0 aliphatic rings. The Balaban J connectivity index is 2.40. The number of hydrogen-bond donors (Lipinski definition) is 1. The van der Waals surface area contributed by atoms with Gasteiger partial charge in [-0.25, -0.2) is 13.6 Å². The second-order valence-electron chi connectivity index (χ2n) is 7.00. The molecular weight excluding hydrogens is 480 g/mol. The number of hydrogen-bond acceptors (Lipinski definition) is 6. The first kappa shape index (κ1) is 27.1. The third kappa shape index (κ3) is 5.49. The van der Waals surface area contributed by atoms with Crippen LogP contribution in [0.1, 0.15) is 53.3 Å². The summed E-state index contributed by atoms with van der Waals surface area (Å²) in [7, 11) is 0. The van der Waals surface area contributed by atoms with Crippen LogP contribution in [0.4, 0.5) is 22.6 Å². The van der Waals surface area contributed by atoms with Gasteiger partial charge < -0.3 is 19.7 Å². The number of thiophene rings is 1. The lowest BCUT2D eigenvalue weighted by Crippen LogP contribution is -2.31. The summed E-state index contributed by atoms with van der Waals surface area (Å²) >= 11 is 0.823. The molecule has 1 N–H and O–H groups in total. The molecule has 1 heterocycles. The SMILES string of the molecule is CCOC(=O)c1c(NC(=O)[C@@H](C)Oc2c(F)c(F)cc(F)c2F)sc(C(=O)N(CC)CC)c1C. The summed E-state index contributed by atoms with van der Waals surface area (Å²) in [5.41, 5.74) is 0.227. The molecule has 34 heavy (non-hydrogen) atoms. The number of carbonyl (C=O) groups is 3. The van der Waals surface area contributed by atoms with E-state index in [2.05, 4.69) is 5.32 Å². The quantitative estimate of drug-likeness (QED) is 0.305. The summed E-state index contributed by atoms with van der Waals surface area (Å²) < 4.78 is 64.5. The first-order valence-corrected chi connectivity index (χ1v) is 11.2. The molecule has 2 rings (SSSR count). The second-order valence-corrected chi connectivity index (χ2v) is 8.03. The van der Waals surface area contributed by atoms with Crippen molar-refractivity contribution in [1.82, 2.24) is 4.90 Å². The fraction of sp³-hybridized carbons (Fsp3) is 0.409. The Kier molecular flexibility index (Phi) is 9.02. The molecule has 0 aliphatic heterocycles. The van der Waals surface area contributed by atoms with E-state index in [1.165, 1.54) is 11.8 Å². The van der Waals surface area contributed by atoms with Crippen LogP contribution in [-0.2, 0) is 9.53 Å². The van der Waals surface area contributed by atoms with Gasteiger partial charge in [0.15, 0.2) is 23.5 Å². The third-order valence-corrected chi connectivity index (χ3v) is 6.04. The number of rotatable bonds is 9. The number of nitrogens with zero attached hydrogens (tertiary/aromatic N) is 1. The Morgan fingerprint density at radius 3 is 2.12 bits per heavy atom. The van der Waals surface area contributed by atoms with Gasteiger partial charge in [-0.15, -0.1) is 11.3 Å². The van der Waals surface area contributed by atoms with Gasteiger partial charge in [-0.3, -0.25) is 9.59 Å². The number of carbonyl (C=O) groups excluding carboxylic acids is 3. The summed E-state index contributed by atoms with van der Waals surface area (Å²) in [5.74, 6) is -10.5. The van der Waals surface area contributed by atoms with Crippen LogP contribution in [0.5, 0.6) is 5.75 Å². The van der Waals surface area contributed by atoms with Gasteiger partial charge in [0.25, 0.3) is 11.8 Å². The minimum absolute atomic E-state index is 0.0107. The number of nitrogens with one attached hydrogen (secondary N) is 1.